The molecule has 0 unspecified atom stereocenters. The highest BCUT2D eigenvalue weighted by Crippen LogP contribution is 1.87. The Morgan fingerprint density at radius 1 is 1.06 bits per heavy atom. The molecule has 0 aliphatic rings. The molecule has 0 saturated carbocycles. The highest BCUT2D eigenvalue weighted by Gasteiger charge is 1.82. The summed E-state index contributed by atoms with van der Waals surface area (Å²) < 4.78 is 10.1. The van der Waals surface area contributed by atoms with Gasteiger partial charge in [-0.25, -0.2) is 0 Å². The maximum Gasteiger partial charge on any atom is 0.0922 e. The number of unbranched alkanes of at least 4 members (excludes halogenated alkanes) is 1. The van der Waals surface area contributed by atoms with Gasteiger partial charge in [-0.3, -0.25) is 0 Å². The first-order valence-corrected chi connectivity index (χ1v) is 6.66. The first-order valence-electron chi connectivity index (χ1n) is 6.66. The Morgan fingerprint density at radius 3 is 1.83 bits per heavy atom. The van der Waals surface area contributed by atoms with Crippen molar-refractivity contribution in [2.75, 3.05) is 6.61 Å². The predicted octanol–water partition coefficient (Wildman–Crippen LogP) is 5.47. The second kappa shape index (κ2) is 24.9. The van der Waals surface area contributed by atoms with Crippen LogP contribution in [0.1, 0.15) is 54.4 Å². The molecule has 0 atom stereocenters. The summed E-state index contributed by atoms with van der Waals surface area (Å²) >= 11 is 0. The third-order valence-electron chi connectivity index (χ3n) is 1.33. The van der Waals surface area contributed by atoms with Gasteiger partial charge in [-0.2, -0.15) is 0 Å². The van der Waals surface area contributed by atoms with Crippen LogP contribution in [0.4, 0.5) is 0 Å². The van der Waals surface area contributed by atoms with Gasteiger partial charge in [0.25, 0.3) is 0 Å². The molecule has 0 rings (SSSR count). The molecule has 108 valence electrons. The fourth-order valence-corrected chi connectivity index (χ4v) is 0.628. The molecule has 0 radical (unpaired) electrons. The molecule has 0 aromatic carbocycles. The van der Waals surface area contributed by atoms with Crippen LogP contribution in [-0.2, 0) is 9.47 Å². The van der Waals surface area contributed by atoms with Crippen LogP contribution in [0.5, 0.6) is 0 Å². The number of hydrogen-bond donors (Lipinski definition) is 0. The minimum absolute atomic E-state index is 0.316. The zero-order valence-electron chi connectivity index (χ0n) is 13.1. The van der Waals surface area contributed by atoms with Gasteiger partial charge in [-0.05, 0) is 41.0 Å². The molecule has 2 nitrogen and oxygen atoms in total. The van der Waals surface area contributed by atoms with Crippen molar-refractivity contribution in [3.63, 3.8) is 0 Å². The van der Waals surface area contributed by atoms with Crippen molar-refractivity contribution in [1.82, 2.24) is 0 Å². The fraction of sp³-hybridized carbons (Fsp3) is 0.625. The van der Waals surface area contributed by atoms with Crippen molar-refractivity contribution < 1.29 is 9.47 Å². The Bertz CT molecular complexity index is 182. The fourth-order valence-electron chi connectivity index (χ4n) is 0.628. The molecule has 2 heteroatoms. The Hall–Kier alpha value is -1.18. The van der Waals surface area contributed by atoms with Crippen LogP contribution in [0, 0.1) is 0 Å². The van der Waals surface area contributed by atoms with Crippen LogP contribution in [0.3, 0.4) is 0 Å². The van der Waals surface area contributed by atoms with Crippen LogP contribution in [0.2, 0.25) is 0 Å². The predicted molar refractivity (Wildman–Crippen MR) is 82.6 cm³/mol. The molecule has 0 aliphatic carbocycles. The van der Waals surface area contributed by atoms with E-state index < -0.39 is 0 Å². The molecule has 0 aliphatic heterocycles. The average molecular weight is 256 g/mol. The number of ether oxygens (including phenoxy) is 2. The van der Waals surface area contributed by atoms with Gasteiger partial charge in [-0.1, -0.05) is 31.6 Å². The maximum atomic E-state index is 5.04. The van der Waals surface area contributed by atoms with E-state index in [-0.39, 0.29) is 0 Å². The van der Waals surface area contributed by atoms with E-state index in [1.165, 1.54) is 6.42 Å². The molecule has 18 heavy (non-hydrogen) atoms. The summed E-state index contributed by atoms with van der Waals surface area (Å²) in [5.41, 5.74) is 0. The molecule has 0 bridgehead atoms. The zero-order valence-corrected chi connectivity index (χ0v) is 13.1. The topological polar surface area (TPSA) is 18.5 Å². The monoisotopic (exact) mass is 256 g/mol. The van der Waals surface area contributed by atoms with E-state index >= 15 is 0 Å². The van der Waals surface area contributed by atoms with E-state index in [9.17, 15) is 0 Å². The van der Waals surface area contributed by atoms with Crippen LogP contribution < -0.4 is 0 Å². The SMILES string of the molecule is C=CC.CC=COC(C)C.CC=COCCCC. The normalized spacial score (nSPS) is 9.50. The smallest absolute Gasteiger partial charge is 0.0922 e. The second-order valence-corrected chi connectivity index (χ2v) is 3.76. The molecular weight excluding hydrogens is 224 g/mol. The molecule has 0 aromatic rings. The van der Waals surface area contributed by atoms with Crippen LogP contribution in [0.25, 0.3) is 0 Å². The number of hydrogen-bond acceptors (Lipinski definition) is 2. The lowest BCUT2D eigenvalue weighted by molar-refractivity contribution is 0.179. The van der Waals surface area contributed by atoms with Gasteiger partial charge in [-0.15, -0.1) is 6.58 Å². The third-order valence-corrected chi connectivity index (χ3v) is 1.33. The third kappa shape index (κ3) is 46.3. The summed E-state index contributed by atoms with van der Waals surface area (Å²) in [6.07, 6.45) is 11.6. The van der Waals surface area contributed by atoms with Crippen LogP contribution in [-0.4, -0.2) is 12.7 Å². The average Bonchev–Trinajstić information content (AvgIpc) is 2.34. The summed E-state index contributed by atoms with van der Waals surface area (Å²) in [6, 6.07) is 0. The highest BCUT2D eigenvalue weighted by molar-refractivity contribution is 4.65. The Balaban J connectivity index is -0.000000207. The van der Waals surface area contributed by atoms with E-state index in [1.807, 2.05) is 46.8 Å². The van der Waals surface area contributed by atoms with E-state index in [1.54, 1.807) is 18.6 Å². The minimum atomic E-state index is 0.316. The summed E-state index contributed by atoms with van der Waals surface area (Å²) in [5.74, 6) is 0. The lowest BCUT2D eigenvalue weighted by atomic mass is 10.4. The van der Waals surface area contributed by atoms with Gasteiger partial charge in [0, 0.05) is 0 Å². The first-order chi connectivity index (χ1) is 8.60. The molecule has 0 aromatic heterocycles. The van der Waals surface area contributed by atoms with Gasteiger partial charge in [0.15, 0.2) is 0 Å². The molecule has 0 fully saturated rings. The molecule has 0 spiro atoms. The summed E-state index contributed by atoms with van der Waals surface area (Å²) in [4.78, 5) is 0. The number of rotatable bonds is 6. The Labute approximate surface area is 114 Å². The van der Waals surface area contributed by atoms with Crippen LogP contribution in [0.15, 0.2) is 37.3 Å². The van der Waals surface area contributed by atoms with E-state index in [2.05, 4.69) is 13.5 Å². The Kier molecular flexibility index (Phi) is 30.5. The summed E-state index contributed by atoms with van der Waals surface area (Å²) in [5, 5.41) is 0. The van der Waals surface area contributed by atoms with Gasteiger partial charge < -0.3 is 9.47 Å². The van der Waals surface area contributed by atoms with Crippen LogP contribution >= 0.6 is 0 Å². The van der Waals surface area contributed by atoms with Gasteiger partial charge in [0.1, 0.15) is 0 Å². The summed E-state index contributed by atoms with van der Waals surface area (Å²) in [6.45, 7) is 16.1. The van der Waals surface area contributed by atoms with Gasteiger partial charge >= 0.3 is 0 Å². The Morgan fingerprint density at radius 2 is 1.56 bits per heavy atom. The van der Waals surface area contributed by atoms with Crippen molar-refractivity contribution in [2.24, 2.45) is 0 Å². The number of allylic oxidation sites excluding steroid dienone is 3. The lowest BCUT2D eigenvalue weighted by Gasteiger charge is -2.00. The van der Waals surface area contributed by atoms with Crippen molar-refractivity contribution in [3.05, 3.63) is 37.3 Å². The molecule has 0 heterocycles. The largest absolute Gasteiger partial charge is 0.502 e. The second-order valence-electron chi connectivity index (χ2n) is 3.76. The molecule has 0 N–H and O–H groups in total. The standard InChI is InChI=1S/C7H14O.C6H12O.C3H6/c1-3-5-7-8-6-4-2;1-4-5-7-6(2)3;1-3-2/h4,6H,3,5,7H2,1-2H3;4-6H,1-3H3;3H,1H2,2H3. The van der Waals surface area contributed by atoms with E-state index in [0.717, 1.165) is 13.0 Å². The van der Waals surface area contributed by atoms with Gasteiger partial charge in [0.2, 0.25) is 0 Å². The van der Waals surface area contributed by atoms with E-state index in [0.29, 0.717) is 6.10 Å². The zero-order chi connectivity index (χ0) is 14.6. The minimum Gasteiger partial charge on any atom is -0.502 e. The van der Waals surface area contributed by atoms with Crippen molar-refractivity contribution in [1.29, 1.82) is 0 Å². The van der Waals surface area contributed by atoms with Crippen molar-refractivity contribution in [2.45, 2.75) is 60.5 Å². The van der Waals surface area contributed by atoms with Crippen molar-refractivity contribution in [3.8, 4) is 0 Å². The van der Waals surface area contributed by atoms with Crippen molar-refractivity contribution >= 4 is 0 Å². The lowest BCUT2D eigenvalue weighted by Crippen LogP contribution is -1.93. The van der Waals surface area contributed by atoms with E-state index in [4.69, 9.17) is 9.47 Å². The quantitative estimate of drug-likeness (QED) is 0.356. The highest BCUT2D eigenvalue weighted by atomic mass is 16.5. The van der Waals surface area contributed by atoms with Gasteiger partial charge in [0.05, 0.1) is 25.2 Å². The molecule has 0 saturated heterocycles. The summed E-state index contributed by atoms with van der Waals surface area (Å²) in [7, 11) is 0. The maximum absolute atomic E-state index is 5.04. The molecule has 0 amide bonds. The molecular formula is C16H32O2. The first kappa shape index (κ1) is 22.0.